The zero-order valence-electron chi connectivity index (χ0n) is 12.3. The molecule has 0 fully saturated rings. The quantitative estimate of drug-likeness (QED) is 0.858. The third kappa shape index (κ3) is 2.40. The number of carbonyl (C=O) groups excluding carboxylic acids is 1. The van der Waals surface area contributed by atoms with Crippen molar-refractivity contribution in [2.24, 2.45) is 0 Å². The lowest BCUT2D eigenvalue weighted by Crippen LogP contribution is -2.17. The Bertz CT molecular complexity index is 676. The fraction of sp³-hybridized carbons (Fsp3) is 0.278. The molecular weight excluding hydrogens is 264 g/mol. The van der Waals surface area contributed by atoms with Gasteiger partial charge in [0.25, 0.3) is 0 Å². The van der Waals surface area contributed by atoms with Gasteiger partial charge in [-0.1, -0.05) is 24.3 Å². The van der Waals surface area contributed by atoms with Crippen LogP contribution in [0.1, 0.15) is 40.2 Å². The number of hydrogen-bond acceptors (Lipinski definition) is 3. The van der Waals surface area contributed by atoms with Crippen molar-refractivity contribution in [1.82, 2.24) is 0 Å². The lowest BCUT2D eigenvalue weighted by molar-refractivity contribution is 0.0968. The number of benzene rings is 2. The van der Waals surface area contributed by atoms with Crippen LogP contribution in [0.2, 0.25) is 0 Å². The van der Waals surface area contributed by atoms with Crippen LogP contribution < -0.4 is 9.47 Å². The summed E-state index contributed by atoms with van der Waals surface area (Å²) in [5, 5.41) is 0. The van der Waals surface area contributed by atoms with Crippen LogP contribution in [-0.4, -0.2) is 20.0 Å². The first-order valence-corrected chi connectivity index (χ1v) is 7.08. The number of para-hydroxylation sites is 1. The van der Waals surface area contributed by atoms with E-state index in [1.807, 2.05) is 36.4 Å². The van der Waals surface area contributed by atoms with E-state index in [1.165, 1.54) is 0 Å². The number of fused-ring (bicyclic) bond motifs is 1. The zero-order chi connectivity index (χ0) is 14.8. The van der Waals surface area contributed by atoms with E-state index in [0.717, 1.165) is 34.6 Å². The average Bonchev–Trinajstić information content (AvgIpc) is 2.55. The maximum atomic E-state index is 12.2. The van der Waals surface area contributed by atoms with E-state index in [1.54, 1.807) is 14.2 Å². The Morgan fingerprint density at radius 1 is 1.00 bits per heavy atom. The first-order valence-electron chi connectivity index (χ1n) is 7.08. The predicted octanol–water partition coefficient (Wildman–Crippen LogP) is 3.81. The molecule has 3 heteroatoms. The minimum atomic E-state index is 0.190. The number of ether oxygens (including phenoxy) is 2. The second-order valence-corrected chi connectivity index (χ2v) is 5.21. The highest BCUT2D eigenvalue weighted by atomic mass is 16.5. The van der Waals surface area contributed by atoms with Crippen molar-refractivity contribution in [3.8, 4) is 11.5 Å². The van der Waals surface area contributed by atoms with Crippen molar-refractivity contribution >= 4 is 5.78 Å². The van der Waals surface area contributed by atoms with Gasteiger partial charge in [0, 0.05) is 23.5 Å². The van der Waals surface area contributed by atoms with Crippen LogP contribution in [-0.2, 0) is 0 Å². The largest absolute Gasteiger partial charge is 0.497 e. The molecule has 0 amide bonds. The standard InChI is InChI=1S/C18H18O3/c1-20-12-7-8-14-13(9-10-17(19)16(14)11-12)15-5-3-4-6-18(15)21-2/h3-8,11,13H,9-10H2,1-2H3. The van der Waals surface area contributed by atoms with Crippen LogP contribution >= 0.6 is 0 Å². The van der Waals surface area contributed by atoms with Crippen LogP contribution in [0.25, 0.3) is 0 Å². The minimum Gasteiger partial charge on any atom is -0.497 e. The predicted molar refractivity (Wildman–Crippen MR) is 81.4 cm³/mol. The monoisotopic (exact) mass is 282 g/mol. The Hall–Kier alpha value is -2.29. The average molecular weight is 282 g/mol. The van der Waals surface area contributed by atoms with Crippen LogP contribution in [0.5, 0.6) is 11.5 Å². The SMILES string of the molecule is COc1ccc2c(c1)C(=O)CCC2c1ccccc1OC. The molecule has 0 aromatic heterocycles. The van der Waals surface area contributed by atoms with E-state index in [2.05, 4.69) is 6.07 Å². The molecule has 0 heterocycles. The summed E-state index contributed by atoms with van der Waals surface area (Å²) in [4.78, 5) is 12.2. The summed E-state index contributed by atoms with van der Waals surface area (Å²) < 4.78 is 10.7. The molecule has 0 radical (unpaired) electrons. The highest BCUT2D eigenvalue weighted by Gasteiger charge is 2.28. The molecule has 0 bridgehead atoms. The third-order valence-electron chi connectivity index (χ3n) is 4.11. The molecule has 0 N–H and O–H groups in total. The minimum absolute atomic E-state index is 0.190. The van der Waals surface area contributed by atoms with Crippen LogP contribution in [0.4, 0.5) is 0 Å². The van der Waals surface area contributed by atoms with Crippen LogP contribution in [0, 0.1) is 0 Å². The molecule has 0 spiro atoms. The normalized spacial score (nSPS) is 17.2. The maximum absolute atomic E-state index is 12.2. The first kappa shape index (κ1) is 13.7. The lowest BCUT2D eigenvalue weighted by atomic mass is 9.78. The van der Waals surface area contributed by atoms with Crippen LogP contribution in [0.15, 0.2) is 42.5 Å². The van der Waals surface area contributed by atoms with Crippen LogP contribution in [0.3, 0.4) is 0 Å². The maximum Gasteiger partial charge on any atom is 0.163 e. The van der Waals surface area contributed by atoms with Crippen molar-refractivity contribution in [3.63, 3.8) is 0 Å². The summed E-state index contributed by atoms with van der Waals surface area (Å²) >= 11 is 0. The van der Waals surface area contributed by atoms with Gasteiger partial charge in [-0.05, 0) is 30.2 Å². The Morgan fingerprint density at radius 3 is 2.57 bits per heavy atom. The van der Waals surface area contributed by atoms with E-state index < -0.39 is 0 Å². The van der Waals surface area contributed by atoms with E-state index >= 15 is 0 Å². The molecule has 3 rings (SSSR count). The highest BCUT2D eigenvalue weighted by molar-refractivity contribution is 5.99. The van der Waals surface area contributed by atoms with Gasteiger partial charge in [0.15, 0.2) is 5.78 Å². The lowest BCUT2D eigenvalue weighted by Gasteiger charge is -2.26. The molecule has 108 valence electrons. The first-order chi connectivity index (χ1) is 10.2. The molecule has 0 aliphatic heterocycles. The second-order valence-electron chi connectivity index (χ2n) is 5.21. The van der Waals surface area contributed by atoms with Crippen molar-refractivity contribution in [1.29, 1.82) is 0 Å². The van der Waals surface area contributed by atoms with Gasteiger partial charge in [-0.15, -0.1) is 0 Å². The molecule has 21 heavy (non-hydrogen) atoms. The summed E-state index contributed by atoms with van der Waals surface area (Å²) in [6.07, 6.45) is 1.38. The number of ketones is 1. The molecule has 1 atom stereocenters. The van der Waals surface area contributed by atoms with Gasteiger partial charge < -0.3 is 9.47 Å². The van der Waals surface area contributed by atoms with E-state index in [4.69, 9.17) is 9.47 Å². The van der Waals surface area contributed by atoms with E-state index in [-0.39, 0.29) is 11.7 Å². The number of methoxy groups -OCH3 is 2. The molecule has 2 aromatic rings. The molecule has 1 aliphatic carbocycles. The molecule has 1 aliphatic rings. The van der Waals surface area contributed by atoms with Gasteiger partial charge in [-0.3, -0.25) is 4.79 Å². The smallest absolute Gasteiger partial charge is 0.163 e. The zero-order valence-corrected chi connectivity index (χ0v) is 12.3. The molecule has 2 aromatic carbocycles. The summed E-state index contributed by atoms with van der Waals surface area (Å²) in [6, 6.07) is 13.8. The fourth-order valence-electron chi connectivity index (χ4n) is 3.05. The summed E-state index contributed by atoms with van der Waals surface area (Å²) in [5.74, 6) is 1.98. The third-order valence-corrected chi connectivity index (χ3v) is 4.11. The van der Waals surface area contributed by atoms with Gasteiger partial charge in [-0.2, -0.15) is 0 Å². The number of rotatable bonds is 3. The van der Waals surface area contributed by atoms with Gasteiger partial charge >= 0.3 is 0 Å². The Morgan fingerprint density at radius 2 is 1.81 bits per heavy atom. The number of hydrogen-bond donors (Lipinski definition) is 0. The summed E-state index contributed by atoms with van der Waals surface area (Å²) in [6.45, 7) is 0. The fourth-order valence-corrected chi connectivity index (χ4v) is 3.05. The summed E-state index contributed by atoms with van der Waals surface area (Å²) in [5.41, 5.74) is 2.98. The van der Waals surface area contributed by atoms with Gasteiger partial charge in [0.05, 0.1) is 14.2 Å². The van der Waals surface area contributed by atoms with E-state index in [0.29, 0.717) is 6.42 Å². The topological polar surface area (TPSA) is 35.5 Å². The van der Waals surface area contributed by atoms with Crippen molar-refractivity contribution in [2.75, 3.05) is 14.2 Å². The van der Waals surface area contributed by atoms with Crippen molar-refractivity contribution in [3.05, 3.63) is 59.2 Å². The van der Waals surface area contributed by atoms with Gasteiger partial charge in [0.1, 0.15) is 11.5 Å². The molecule has 1 unspecified atom stereocenters. The van der Waals surface area contributed by atoms with Gasteiger partial charge in [-0.25, -0.2) is 0 Å². The Kier molecular flexibility index (Phi) is 3.65. The molecular formula is C18H18O3. The number of carbonyl (C=O) groups is 1. The Labute approximate surface area is 124 Å². The molecule has 3 nitrogen and oxygen atoms in total. The molecule has 0 saturated heterocycles. The summed E-state index contributed by atoms with van der Waals surface area (Å²) in [7, 11) is 3.30. The van der Waals surface area contributed by atoms with Gasteiger partial charge in [0.2, 0.25) is 0 Å². The second kappa shape index (κ2) is 5.60. The van der Waals surface area contributed by atoms with E-state index in [9.17, 15) is 4.79 Å². The van der Waals surface area contributed by atoms with Crippen molar-refractivity contribution < 1.29 is 14.3 Å². The van der Waals surface area contributed by atoms with Crippen molar-refractivity contribution in [2.45, 2.75) is 18.8 Å². The highest BCUT2D eigenvalue weighted by Crippen LogP contribution is 2.41. The Balaban J connectivity index is 2.11. The molecule has 0 saturated carbocycles. The number of Topliss-reactive ketones (excluding diaryl/α,β-unsaturated/α-hetero) is 1.